The van der Waals surface area contributed by atoms with Crippen molar-refractivity contribution >= 4 is 34.1 Å². The maximum Gasteiger partial charge on any atom is 0.229 e. The summed E-state index contributed by atoms with van der Waals surface area (Å²) in [5.41, 5.74) is 4.34. The highest BCUT2D eigenvalue weighted by Gasteiger charge is 2.24. The van der Waals surface area contributed by atoms with Crippen LogP contribution in [0.3, 0.4) is 0 Å². The van der Waals surface area contributed by atoms with Gasteiger partial charge in [0.15, 0.2) is 0 Å². The van der Waals surface area contributed by atoms with Gasteiger partial charge in [0.2, 0.25) is 5.95 Å². The quantitative estimate of drug-likeness (QED) is 0.590. The molecule has 1 fully saturated rings. The molecule has 0 bridgehead atoms. The molecule has 7 heteroatoms. The van der Waals surface area contributed by atoms with E-state index in [1.165, 1.54) is 11.1 Å². The lowest BCUT2D eigenvalue weighted by molar-refractivity contribution is 0.513. The zero-order valence-electron chi connectivity index (χ0n) is 17.6. The van der Waals surface area contributed by atoms with E-state index < -0.39 is 11.0 Å². The molecule has 1 saturated heterocycles. The minimum Gasteiger partial charge on any atom is -0.340 e. The molecule has 0 spiro atoms. The Bertz CT molecular complexity index is 1050. The van der Waals surface area contributed by atoms with Crippen molar-refractivity contribution in [2.75, 3.05) is 23.7 Å². The molecule has 2 N–H and O–H groups in total. The van der Waals surface area contributed by atoms with Crippen LogP contribution in [0, 0.1) is 19.8 Å². The number of hydrogen-bond donors (Lipinski definition) is 2. The van der Waals surface area contributed by atoms with Crippen LogP contribution in [0.25, 0.3) is 0 Å². The summed E-state index contributed by atoms with van der Waals surface area (Å²) in [6.07, 6.45) is 2.83. The summed E-state index contributed by atoms with van der Waals surface area (Å²) in [7, 11) is -1.10. The zero-order valence-corrected chi connectivity index (χ0v) is 18.4. The summed E-state index contributed by atoms with van der Waals surface area (Å²) in [4.78, 5) is 9.67. The predicted molar refractivity (Wildman–Crippen MR) is 123 cm³/mol. The molecule has 1 aliphatic heterocycles. The zero-order chi connectivity index (χ0) is 21.1. The van der Waals surface area contributed by atoms with Gasteiger partial charge in [0.25, 0.3) is 0 Å². The van der Waals surface area contributed by atoms with E-state index in [2.05, 4.69) is 53.5 Å². The normalized spacial score (nSPS) is 17.6. The van der Waals surface area contributed by atoms with Gasteiger partial charge in [-0.2, -0.15) is 4.98 Å². The van der Waals surface area contributed by atoms with Crippen molar-refractivity contribution in [3.05, 3.63) is 65.9 Å². The van der Waals surface area contributed by atoms with Crippen LogP contribution in [0.1, 0.15) is 24.5 Å². The fourth-order valence-electron chi connectivity index (χ4n) is 3.43. The molecule has 0 amide bonds. The molecule has 0 saturated carbocycles. The molecule has 4 rings (SSSR count). The molecule has 1 aliphatic rings. The van der Waals surface area contributed by atoms with Crippen LogP contribution in [0.2, 0.25) is 0 Å². The van der Waals surface area contributed by atoms with Crippen LogP contribution in [0.15, 0.2) is 59.6 Å². The van der Waals surface area contributed by atoms with Crippen molar-refractivity contribution in [2.24, 2.45) is 5.92 Å². The van der Waals surface area contributed by atoms with Gasteiger partial charge in [0, 0.05) is 30.7 Å². The third-order valence-corrected chi connectivity index (χ3v) is 6.84. The number of nitrogens with zero attached hydrogens (tertiary/aromatic N) is 3. The van der Waals surface area contributed by atoms with Gasteiger partial charge >= 0.3 is 0 Å². The predicted octanol–water partition coefficient (Wildman–Crippen LogP) is 4.95. The highest BCUT2D eigenvalue weighted by Crippen LogP contribution is 2.23. The molecule has 156 valence electrons. The average molecular weight is 422 g/mol. The lowest BCUT2D eigenvalue weighted by atomic mass is 10.1. The average Bonchev–Trinajstić information content (AvgIpc) is 3.17. The smallest absolute Gasteiger partial charge is 0.229 e. The first-order valence-corrected chi connectivity index (χ1v) is 11.3. The Hall–Kier alpha value is -2.77. The van der Waals surface area contributed by atoms with E-state index in [9.17, 15) is 4.21 Å². The van der Waals surface area contributed by atoms with Crippen LogP contribution >= 0.6 is 0 Å². The molecule has 30 heavy (non-hydrogen) atoms. The monoisotopic (exact) mass is 421 g/mol. The van der Waals surface area contributed by atoms with Gasteiger partial charge in [0.05, 0.1) is 4.90 Å². The fourth-order valence-corrected chi connectivity index (χ4v) is 4.76. The number of aryl methyl sites for hydroxylation is 2. The minimum atomic E-state index is -1.10. The van der Waals surface area contributed by atoms with E-state index in [4.69, 9.17) is 0 Å². The van der Waals surface area contributed by atoms with Crippen molar-refractivity contribution in [1.82, 2.24) is 14.3 Å². The van der Waals surface area contributed by atoms with Crippen LogP contribution < -0.4 is 10.6 Å². The van der Waals surface area contributed by atoms with Gasteiger partial charge in [-0.05, 0) is 79.8 Å². The SMILES string of the molecule is Cc1ccc(Nc2ccnc(Nc3ccc(S(=O)N4CCC(C)C4)cc3)n2)cc1C. The standard InChI is InChI=1S/C23H27N5OS/c1-16-11-13-28(15-16)30(29)21-8-6-19(7-9-21)26-23-24-12-10-22(27-23)25-20-5-4-17(2)18(3)14-20/h4-10,12,14,16H,11,13,15H2,1-3H3,(H2,24,25,26,27). The Kier molecular flexibility index (Phi) is 6.11. The molecule has 0 aliphatic carbocycles. The molecule has 2 heterocycles. The molecule has 1 aromatic heterocycles. The maximum absolute atomic E-state index is 12.7. The number of anilines is 4. The summed E-state index contributed by atoms with van der Waals surface area (Å²) < 4.78 is 14.7. The van der Waals surface area contributed by atoms with E-state index in [0.29, 0.717) is 11.9 Å². The molecule has 2 atom stereocenters. The van der Waals surface area contributed by atoms with Gasteiger partial charge in [-0.1, -0.05) is 13.0 Å². The van der Waals surface area contributed by atoms with Crippen molar-refractivity contribution in [1.29, 1.82) is 0 Å². The number of hydrogen-bond acceptors (Lipinski definition) is 5. The largest absolute Gasteiger partial charge is 0.340 e. The molecular formula is C23H27N5OS. The topological polar surface area (TPSA) is 70.2 Å². The maximum atomic E-state index is 12.7. The Morgan fingerprint density at radius 3 is 2.47 bits per heavy atom. The number of aromatic nitrogens is 2. The molecule has 6 nitrogen and oxygen atoms in total. The van der Waals surface area contributed by atoms with Crippen LogP contribution in [-0.2, 0) is 11.0 Å². The van der Waals surface area contributed by atoms with E-state index in [1.54, 1.807) is 6.20 Å². The van der Waals surface area contributed by atoms with Crippen LogP contribution in [0.4, 0.5) is 23.1 Å². The summed E-state index contributed by atoms with van der Waals surface area (Å²) in [5, 5.41) is 6.54. The van der Waals surface area contributed by atoms with E-state index in [1.807, 2.05) is 40.7 Å². The molecule has 0 radical (unpaired) electrons. The lowest BCUT2D eigenvalue weighted by Gasteiger charge is -2.14. The van der Waals surface area contributed by atoms with Crippen molar-refractivity contribution in [3.63, 3.8) is 0 Å². The van der Waals surface area contributed by atoms with Gasteiger partial charge in [-0.15, -0.1) is 0 Å². The van der Waals surface area contributed by atoms with Crippen molar-refractivity contribution in [3.8, 4) is 0 Å². The second kappa shape index (κ2) is 8.93. The third kappa shape index (κ3) is 4.86. The van der Waals surface area contributed by atoms with Crippen molar-refractivity contribution < 1.29 is 4.21 Å². The first-order chi connectivity index (χ1) is 14.5. The second-order valence-electron chi connectivity index (χ2n) is 7.87. The Balaban J connectivity index is 1.42. The van der Waals surface area contributed by atoms with Crippen LogP contribution in [0.5, 0.6) is 0 Å². The van der Waals surface area contributed by atoms with Gasteiger partial charge < -0.3 is 10.6 Å². The van der Waals surface area contributed by atoms with Crippen LogP contribution in [-0.4, -0.2) is 31.6 Å². The number of benzene rings is 2. The van der Waals surface area contributed by atoms with E-state index in [0.717, 1.165) is 41.6 Å². The minimum absolute atomic E-state index is 0.506. The molecular weight excluding hydrogens is 394 g/mol. The van der Waals surface area contributed by atoms with Crippen molar-refractivity contribution in [2.45, 2.75) is 32.1 Å². The highest BCUT2D eigenvalue weighted by atomic mass is 32.2. The highest BCUT2D eigenvalue weighted by molar-refractivity contribution is 7.82. The van der Waals surface area contributed by atoms with E-state index in [-0.39, 0.29) is 0 Å². The van der Waals surface area contributed by atoms with Gasteiger partial charge in [-0.25, -0.2) is 13.5 Å². The number of nitrogens with one attached hydrogen (secondary N) is 2. The summed E-state index contributed by atoms with van der Waals surface area (Å²) in [6, 6.07) is 15.7. The Morgan fingerprint density at radius 1 is 1.00 bits per heavy atom. The lowest BCUT2D eigenvalue weighted by Crippen LogP contribution is -2.23. The Morgan fingerprint density at radius 2 is 1.77 bits per heavy atom. The summed E-state index contributed by atoms with van der Waals surface area (Å²) in [6.45, 7) is 8.17. The molecule has 2 unspecified atom stereocenters. The molecule has 2 aromatic carbocycles. The first-order valence-electron chi connectivity index (χ1n) is 10.2. The molecule has 3 aromatic rings. The summed E-state index contributed by atoms with van der Waals surface area (Å²) in [5.74, 6) is 1.83. The Labute approximate surface area is 180 Å². The number of rotatable bonds is 6. The second-order valence-corrected chi connectivity index (χ2v) is 9.36. The first kappa shape index (κ1) is 20.5. The van der Waals surface area contributed by atoms with Gasteiger partial charge in [-0.3, -0.25) is 0 Å². The third-order valence-electron chi connectivity index (χ3n) is 5.37. The van der Waals surface area contributed by atoms with Gasteiger partial charge in [0.1, 0.15) is 16.8 Å². The summed E-state index contributed by atoms with van der Waals surface area (Å²) >= 11 is 0. The van der Waals surface area contributed by atoms with E-state index >= 15 is 0 Å². The fraction of sp³-hybridized carbons (Fsp3) is 0.304.